The summed E-state index contributed by atoms with van der Waals surface area (Å²) >= 11 is 1.76. The van der Waals surface area contributed by atoms with Crippen LogP contribution in [-0.4, -0.2) is 21.6 Å². The van der Waals surface area contributed by atoms with Gasteiger partial charge in [0.05, 0.1) is 6.54 Å². The number of thiophene rings is 1. The fraction of sp³-hybridized carbons (Fsp3) is 0.400. The predicted octanol–water partition coefficient (Wildman–Crippen LogP) is 5.26. The van der Waals surface area contributed by atoms with E-state index in [0.29, 0.717) is 23.7 Å². The zero-order valence-electron chi connectivity index (χ0n) is 14.7. The summed E-state index contributed by atoms with van der Waals surface area (Å²) in [4.78, 5) is 7.06. The van der Waals surface area contributed by atoms with Gasteiger partial charge in [-0.3, -0.25) is 4.90 Å². The minimum atomic E-state index is 0.479. The molecular weight excluding hydrogens is 330 g/mol. The van der Waals surface area contributed by atoms with Crippen LogP contribution >= 0.6 is 11.3 Å². The van der Waals surface area contributed by atoms with E-state index in [1.807, 2.05) is 0 Å². The zero-order valence-corrected chi connectivity index (χ0v) is 15.5. The topological polar surface area (TPSA) is 42.2 Å². The molecule has 1 atom stereocenters. The Morgan fingerprint density at radius 3 is 2.80 bits per heavy atom. The molecule has 4 nitrogen and oxygen atoms in total. The molecular formula is C20H23N3OS. The molecule has 0 aliphatic carbocycles. The second kappa shape index (κ2) is 7.10. The highest BCUT2D eigenvalue weighted by molar-refractivity contribution is 7.07. The van der Waals surface area contributed by atoms with Crippen molar-refractivity contribution >= 4 is 11.3 Å². The molecule has 0 N–H and O–H groups in total. The van der Waals surface area contributed by atoms with E-state index in [2.05, 4.69) is 70.0 Å². The molecule has 0 amide bonds. The van der Waals surface area contributed by atoms with Gasteiger partial charge >= 0.3 is 0 Å². The van der Waals surface area contributed by atoms with Crippen LogP contribution in [0.4, 0.5) is 0 Å². The van der Waals surface area contributed by atoms with Gasteiger partial charge in [-0.05, 0) is 53.3 Å². The summed E-state index contributed by atoms with van der Waals surface area (Å²) in [5.74, 6) is 1.90. The van der Waals surface area contributed by atoms with Crippen LogP contribution in [0.15, 0.2) is 45.6 Å². The molecule has 2 aromatic heterocycles. The van der Waals surface area contributed by atoms with Crippen LogP contribution in [0.5, 0.6) is 0 Å². The smallest absolute Gasteiger partial charge is 0.241 e. The molecule has 3 heterocycles. The summed E-state index contributed by atoms with van der Waals surface area (Å²) in [5.41, 5.74) is 3.74. The maximum absolute atomic E-state index is 5.52. The predicted molar refractivity (Wildman–Crippen MR) is 101 cm³/mol. The first kappa shape index (κ1) is 16.5. The minimum absolute atomic E-state index is 0.479. The molecule has 0 radical (unpaired) electrons. The van der Waals surface area contributed by atoms with Gasteiger partial charge in [0.25, 0.3) is 0 Å². The third kappa shape index (κ3) is 3.53. The van der Waals surface area contributed by atoms with E-state index in [1.165, 1.54) is 24.0 Å². The van der Waals surface area contributed by atoms with Crippen molar-refractivity contribution < 1.29 is 4.52 Å². The Morgan fingerprint density at radius 2 is 2.08 bits per heavy atom. The van der Waals surface area contributed by atoms with Crippen LogP contribution in [0.3, 0.4) is 0 Å². The van der Waals surface area contributed by atoms with Crippen molar-refractivity contribution in [1.29, 1.82) is 0 Å². The largest absolute Gasteiger partial charge is 0.338 e. The third-order valence-corrected chi connectivity index (χ3v) is 5.64. The molecule has 1 saturated heterocycles. The van der Waals surface area contributed by atoms with Gasteiger partial charge in [-0.15, -0.1) is 0 Å². The molecule has 0 saturated carbocycles. The second-order valence-electron chi connectivity index (χ2n) is 6.97. The highest BCUT2D eigenvalue weighted by Gasteiger charge is 2.27. The first-order chi connectivity index (χ1) is 12.2. The summed E-state index contributed by atoms with van der Waals surface area (Å²) in [6.45, 7) is 6.20. The Labute approximate surface area is 152 Å². The van der Waals surface area contributed by atoms with Gasteiger partial charge in [-0.25, -0.2) is 0 Å². The fourth-order valence-corrected chi connectivity index (χ4v) is 4.19. The lowest BCUT2D eigenvalue weighted by molar-refractivity contribution is 0.213. The van der Waals surface area contributed by atoms with Crippen molar-refractivity contribution in [2.75, 3.05) is 6.54 Å². The quantitative estimate of drug-likeness (QED) is 0.627. The van der Waals surface area contributed by atoms with Crippen molar-refractivity contribution in [1.82, 2.24) is 15.0 Å². The van der Waals surface area contributed by atoms with Gasteiger partial charge in [0.15, 0.2) is 0 Å². The van der Waals surface area contributed by atoms with E-state index < -0.39 is 0 Å². The average molecular weight is 353 g/mol. The van der Waals surface area contributed by atoms with Crippen molar-refractivity contribution in [2.45, 2.75) is 45.2 Å². The lowest BCUT2D eigenvalue weighted by atomic mass is 10.0. The summed E-state index contributed by atoms with van der Waals surface area (Å²) in [5, 5.41) is 8.58. The van der Waals surface area contributed by atoms with Gasteiger partial charge < -0.3 is 4.52 Å². The van der Waals surface area contributed by atoms with Gasteiger partial charge in [0, 0.05) is 11.6 Å². The molecule has 4 rings (SSSR count). The minimum Gasteiger partial charge on any atom is -0.338 e. The third-order valence-electron chi connectivity index (χ3n) is 4.93. The van der Waals surface area contributed by atoms with E-state index in [9.17, 15) is 0 Å². The van der Waals surface area contributed by atoms with Gasteiger partial charge in [-0.1, -0.05) is 43.3 Å². The monoisotopic (exact) mass is 353 g/mol. The van der Waals surface area contributed by atoms with E-state index in [0.717, 1.165) is 18.7 Å². The molecule has 1 aliphatic rings. The SMILES string of the molecule is CC(C)c1ccc(-c2noc(CN3CCCC3c3ccsc3)n2)cc1. The fourth-order valence-electron chi connectivity index (χ4n) is 3.48. The highest BCUT2D eigenvalue weighted by Crippen LogP contribution is 2.34. The van der Waals surface area contributed by atoms with Crippen molar-refractivity contribution in [2.24, 2.45) is 0 Å². The number of hydrogen-bond acceptors (Lipinski definition) is 5. The molecule has 5 heteroatoms. The number of nitrogens with zero attached hydrogens (tertiary/aromatic N) is 3. The van der Waals surface area contributed by atoms with Crippen LogP contribution < -0.4 is 0 Å². The number of rotatable bonds is 5. The van der Waals surface area contributed by atoms with Gasteiger partial charge in [0.1, 0.15) is 0 Å². The van der Waals surface area contributed by atoms with Crippen LogP contribution in [0.2, 0.25) is 0 Å². The highest BCUT2D eigenvalue weighted by atomic mass is 32.1. The van der Waals surface area contributed by atoms with E-state index >= 15 is 0 Å². The second-order valence-corrected chi connectivity index (χ2v) is 7.75. The maximum atomic E-state index is 5.52. The van der Waals surface area contributed by atoms with Crippen LogP contribution in [0.25, 0.3) is 11.4 Å². The normalized spacial score (nSPS) is 18.3. The lowest BCUT2D eigenvalue weighted by Gasteiger charge is -2.21. The first-order valence-electron chi connectivity index (χ1n) is 8.90. The molecule has 0 spiro atoms. The van der Waals surface area contributed by atoms with Gasteiger partial charge in [0.2, 0.25) is 11.7 Å². The molecule has 1 aliphatic heterocycles. The Morgan fingerprint density at radius 1 is 1.24 bits per heavy atom. The first-order valence-corrected chi connectivity index (χ1v) is 9.84. The van der Waals surface area contributed by atoms with Crippen LogP contribution in [-0.2, 0) is 6.54 Å². The maximum Gasteiger partial charge on any atom is 0.241 e. The van der Waals surface area contributed by atoms with Crippen LogP contribution in [0, 0.1) is 0 Å². The van der Waals surface area contributed by atoms with E-state index in [4.69, 9.17) is 4.52 Å². The van der Waals surface area contributed by atoms with Crippen LogP contribution in [0.1, 0.15) is 55.7 Å². The Hall–Kier alpha value is -1.98. The molecule has 1 unspecified atom stereocenters. The van der Waals surface area contributed by atoms with Gasteiger partial charge in [-0.2, -0.15) is 16.3 Å². The Kier molecular flexibility index (Phi) is 4.68. The molecule has 3 aromatic rings. The van der Waals surface area contributed by atoms with E-state index in [1.54, 1.807) is 11.3 Å². The average Bonchev–Trinajstić information content (AvgIpc) is 3.37. The molecule has 25 heavy (non-hydrogen) atoms. The summed E-state index contributed by atoms with van der Waals surface area (Å²) in [7, 11) is 0. The summed E-state index contributed by atoms with van der Waals surface area (Å²) < 4.78 is 5.52. The Bertz CT molecular complexity index is 808. The molecule has 0 bridgehead atoms. The number of benzene rings is 1. The summed E-state index contributed by atoms with van der Waals surface area (Å²) in [6.07, 6.45) is 2.42. The Balaban J connectivity index is 1.48. The molecule has 1 fully saturated rings. The van der Waals surface area contributed by atoms with E-state index in [-0.39, 0.29) is 0 Å². The zero-order chi connectivity index (χ0) is 17.2. The number of hydrogen-bond donors (Lipinski definition) is 0. The van der Waals surface area contributed by atoms with Crippen molar-refractivity contribution in [3.63, 3.8) is 0 Å². The lowest BCUT2D eigenvalue weighted by Crippen LogP contribution is -2.22. The standard InChI is InChI=1S/C20H23N3OS/c1-14(2)15-5-7-16(8-6-15)20-21-19(24-22-20)12-23-10-3-4-18(23)17-9-11-25-13-17/h5-9,11,13-14,18H,3-4,10,12H2,1-2H3. The molecule has 1 aromatic carbocycles. The summed E-state index contributed by atoms with van der Waals surface area (Å²) in [6, 6.07) is 11.1. The van der Waals surface area contributed by atoms with Crippen molar-refractivity contribution in [3.05, 3.63) is 58.1 Å². The number of aromatic nitrogens is 2. The van der Waals surface area contributed by atoms with Crippen molar-refractivity contribution in [3.8, 4) is 11.4 Å². The number of likely N-dealkylation sites (tertiary alicyclic amines) is 1. The molecule has 130 valence electrons.